The maximum Gasteiger partial charge on any atom is 0.227 e. The van der Waals surface area contributed by atoms with Crippen LogP contribution < -0.4 is 5.32 Å². The van der Waals surface area contributed by atoms with Crippen molar-refractivity contribution < 1.29 is 14.3 Å². The molecule has 4 nitrogen and oxygen atoms in total. The topological polar surface area (TPSA) is 73.1 Å². The number of nitrogens with zero attached hydrogens (tertiary/aromatic N) is 1. The van der Waals surface area contributed by atoms with Gasteiger partial charge in [0, 0.05) is 11.5 Å². The zero-order chi connectivity index (χ0) is 17.1. The number of carbonyl (C=O) groups excluding carboxylic acids is 1. The molecule has 0 fully saturated rings. The molecule has 2 aromatic rings. The zero-order valence-corrected chi connectivity index (χ0v) is 13.1. The molecular weight excluding hydrogens is 295 g/mol. The average molecular weight is 312 g/mol. The fourth-order valence-corrected chi connectivity index (χ4v) is 2.30. The van der Waals surface area contributed by atoms with E-state index in [9.17, 15) is 19.6 Å². The Balaban J connectivity index is 2.70. The Kier molecular flexibility index (Phi) is 4.65. The molecular formula is C18H17FN2O2. The van der Waals surface area contributed by atoms with Crippen molar-refractivity contribution in [1.82, 2.24) is 0 Å². The highest BCUT2D eigenvalue weighted by atomic mass is 19.1. The van der Waals surface area contributed by atoms with Crippen molar-refractivity contribution in [2.75, 3.05) is 5.32 Å². The van der Waals surface area contributed by atoms with E-state index in [0.717, 1.165) is 0 Å². The summed E-state index contributed by atoms with van der Waals surface area (Å²) < 4.78 is 14.7. The zero-order valence-electron chi connectivity index (χ0n) is 13.1. The molecule has 0 unspecified atom stereocenters. The van der Waals surface area contributed by atoms with Crippen molar-refractivity contribution in [3.63, 3.8) is 0 Å². The van der Waals surface area contributed by atoms with Gasteiger partial charge in [-0.1, -0.05) is 44.2 Å². The first-order valence-corrected chi connectivity index (χ1v) is 7.19. The highest BCUT2D eigenvalue weighted by molar-refractivity contribution is 5.96. The smallest absolute Gasteiger partial charge is 0.227 e. The minimum atomic E-state index is -0.855. The SMILES string of the molecule is Cc1c(C#N)c(NC(=O)C(C)C)c(O)c(F)c1-c1ccccc1. The summed E-state index contributed by atoms with van der Waals surface area (Å²) in [6.07, 6.45) is 0. The summed E-state index contributed by atoms with van der Waals surface area (Å²) in [7, 11) is 0. The molecule has 2 aromatic carbocycles. The van der Waals surface area contributed by atoms with Gasteiger partial charge >= 0.3 is 0 Å². The first-order chi connectivity index (χ1) is 10.9. The third-order valence-electron chi connectivity index (χ3n) is 3.61. The third kappa shape index (κ3) is 3.02. The lowest BCUT2D eigenvalue weighted by Gasteiger charge is -2.17. The first kappa shape index (κ1) is 16.5. The van der Waals surface area contributed by atoms with Crippen LogP contribution >= 0.6 is 0 Å². The molecule has 0 aromatic heterocycles. The van der Waals surface area contributed by atoms with Crippen LogP contribution in [0.4, 0.5) is 10.1 Å². The second-order valence-electron chi connectivity index (χ2n) is 5.53. The number of amides is 1. The quantitative estimate of drug-likeness (QED) is 0.842. The molecule has 0 radical (unpaired) electrons. The molecule has 2 rings (SSSR count). The Hall–Kier alpha value is -2.87. The van der Waals surface area contributed by atoms with Crippen LogP contribution in [0, 0.1) is 30.0 Å². The number of phenolic OH excluding ortho intramolecular Hbond substituents is 1. The number of rotatable bonds is 3. The van der Waals surface area contributed by atoms with Crippen LogP contribution in [0.5, 0.6) is 5.75 Å². The number of anilines is 1. The number of aromatic hydroxyl groups is 1. The van der Waals surface area contributed by atoms with Crippen LogP contribution in [0.25, 0.3) is 11.1 Å². The second kappa shape index (κ2) is 6.49. The normalized spacial score (nSPS) is 10.4. The van der Waals surface area contributed by atoms with E-state index < -0.39 is 17.5 Å². The fourth-order valence-electron chi connectivity index (χ4n) is 2.30. The van der Waals surface area contributed by atoms with Crippen LogP contribution in [0.15, 0.2) is 30.3 Å². The van der Waals surface area contributed by atoms with E-state index >= 15 is 0 Å². The molecule has 23 heavy (non-hydrogen) atoms. The number of nitrogens with one attached hydrogen (secondary N) is 1. The standard InChI is InChI=1S/C18H17FN2O2/c1-10(2)18(23)21-16-13(9-20)11(3)14(15(19)17(16)22)12-7-5-4-6-8-12/h4-8,10,22H,1-3H3,(H,21,23). The van der Waals surface area contributed by atoms with Gasteiger partial charge in [0.2, 0.25) is 5.91 Å². The van der Waals surface area contributed by atoms with Crippen molar-refractivity contribution in [2.45, 2.75) is 20.8 Å². The Bertz CT molecular complexity index is 793. The number of carbonyl (C=O) groups is 1. The van der Waals surface area contributed by atoms with Gasteiger partial charge in [0.25, 0.3) is 0 Å². The van der Waals surface area contributed by atoms with E-state index in [1.807, 2.05) is 6.07 Å². The fraction of sp³-hybridized carbons (Fsp3) is 0.222. The number of phenols is 1. The Labute approximate surface area is 134 Å². The maximum atomic E-state index is 14.7. The molecule has 0 bridgehead atoms. The second-order valence-corrected chi connectivity index (χ2v) is 5.53. The van der Waals surface area contributed by atoms with Crippen LogP contribution in [-0.2, 0) is 4.79 Å². The molecule has 0 saturated heterocycles. The molecule has 0 atom stereocenters. The summed E-state index contributed by atoms with van der Waals surface area (Å²) in [6, 6.07) is 10.6. The predicted molar refractivity (Wildman–Crippen MR) is 86.4 cm³/mol. The number of halogens is 1. The van der Waals surface area contributed by atoms with Crippen LogP contribution in [0.2, 0.25) is 0 Å². The Morgan fingerprint density at radius 2 is 1.91 bits per heavy atom. The molecule has 0 spiro atoms. The molecule has 0 heterocycles. The summed E-state index contributed by atoms with van der Waals surface area (Å²) in [5, 5.41) is 22.0. The van der Waals surface area contributed by atoms with Crippen molar-refractivity contribution in [2.24, 2.45) is 5.92 Å². The number of nitriles is 1. The molecule has 2 N–H and O–H groups in total. The molecule has 0 saturated carbocycles. The van der Waals surface area contributed by atoms with Crippen LogP contribution in [-0.4, -0.2) is 11.0 Å². The lowest BCUT2D eigenvalue weighted by molar-refractivity contribution is -0.118. The Morgan fingerprint density at radius 1 is 1.30 bits per heavy atom. The van der Waals surface area contributed by atoms with E-state index in [4.69, 9.17) is 0 Å². The third-order valence-corrected chi connectivity index (χ3v) is 3.61. The molecule has 5 heteroatoms. The van der Waals surface area contributed by atoms with Gasteiger partial charge in [-0.3, -0.25) is 4.79 Å². The lowest BCUT2D eigenvalue weighted by Crippen LogP contribution is -2.19. The molecule has 0 aliphatic carbocycles. The van der Waals surface area contributed by atoms with Crippen LogP contribution in [0.3, 0.4) is 0 Å². The summed E-state index contributed by atoms with van der Waals surface area (Å²) in [6.45, 7) is 4.92. The van der Waals surface area contributed by atoms with E-state index in [1.165, 1.54) is 0 Å². The molecule has 0 aliphatic rings. The highest BCUT2D eigenvalue weighted by Gasteiger charge is 2.24. The van der Waals surface area contributed by atoms with E-state index in [2.05, 4.69) is 5.32 Å². The summed E-state index contributed by atoms with van der Waals surface area (Å²) >= 11 is 0. The first-order valence-electron chi connectivity index (χ1n) is 7.19. The summed E-state index contributed by atoms with van der Waals surface area (Å²) in [5.41, 5.74) is 0.948. The molecule has 1 amide bonds. The monoisotopic (exact) mass is 312 g/mol. The Morgan fingerprint density at radius 3 is 2.43 bits per heavy atom. The molecule has 118 valence electrons. The van der Waals surface area contributed by atoms with Gasteiger partial charge in [-0.05, 0) is 18.1 Å². The van der Waals surface area contributed by atoms with Gasteiger partial charge in [-0.15, -0.1) is 0 Å². The van der Waals surface area contributed by atoms with Gasteiger partial charge in [-0.2, -0.15) is 5.26 Å². The van der Waals surface area contributed by atoms with Crippen molar-refractivity contribution in [3.05, 3.63) is 47.3 Å². The van der Waals surface area contributed by atoms with Crippen LogP contribution in [0.1, 0.15) is 25.0 Å². The van der Waals surface area contributed by atoms with E-state index in [0.29, 0.717) is 11.1 Å². The minimum absolute atomic E-state index is 0.0525. The number of hydrogen-bond acceptors (Lipinski definition) is 3. The average Bonchev–Trinajstić information content (AvgIpc) is 2.53. The number of hydrogen-bond donors (Lipinski definition) is 2. The largest absolute Gasteiger partial charge is 0.503 e. The number of benzene rings is 2. The maximum absolute atomic E-state index is 14.7. The minimum Gasteiger partial charge on any atom is -0.503 e. The van der Waals surface area contributed by atoms with Crippen molar-refractivity contribution >= 4 is 11.6 Å². The highest BCUT2D eigenvalue weighted by Crippen LogP contribution is 2.40. The van der Waals surface area contributed by atoms with Gasteiger partial charge in [0.05, 0.1) is 5.56 Å². The van der Waals surface area contributed by atoms with Gasteiger partial charge < -0.3 is 10.4 Å². The summed E-state index contributed by atoms with van der Waals surface area (Å²) in [5.74, 6) is -2.34. The van der Waals surface area contributed by atoms with Gasteiger partial charge in [0.1, 0.15) is 11.8 Å². The predicted octanol–water partition coefficient (Wildman–Crippen LogP) is 3.97. The molecule has 0 aliphatic heterocycles. The van der Waals surface area contributed by atoms with Crippen molar-refractivity contribution in [3.8, 4) is 22.9 Å². The van der Waals surface area contributed by atoms with Gasteiger partial charge in [0.15, 0.2) is 11.6 Å². The van der Waals surface area contributed by atoms with E-state index in [-0.39, 0.29) is 22.7 Å². The lowest BCUT2D eigenvalue weighted by atomic mass is 9.94. The van der Waals surface area contributed by atoms with Crippen molar-refractivity contribution in [1.29, 1.82) is 5.26 Å². The van der Waals surface area contributed by atoms with E-state index in [1.54, 1.807) is 51.1 Å². The van der Waals surface area contributed by atoms with Gasteiger partial charge in [-0.25, -0.2) is 4.39 Å². The summed E-state index contributed by atoms with van der Waals surface area (Å²) in [4.78, 5) is 11.9.